The summed E-state index contributed by atoms with van der Waals surface area (Å²) < 4.78 is 10.9. The number of hydrogen-bond acceptors (Lipinski definition) is 4. The molecule has 0 atom stereocenters. The third-order valence-corrected chi connectivity index (χ3v) is 4.02. The number of nitrogens with zero attached hydrogens (tertiary/aromatic N) is 1. The minimum atomic E-state index is -1.04. The molecule has 0 spiro atoms. The van der Waals surface area contributed by atoms with Crippen LogP contribution in [0, 0.1) is 13.8 Å². The van der Waals surface area contributed by atoms with Gasteiger partial charge in [0, 0.05) is 5.56 Å². The summed E-state index contributed by atoms with van der Waals surface area (Å²) in [6.07, 6.45) is 0. The molecule has 2 aromatic rings. The van der Waals surface area contributed by atoms with Crippen molar-refractivity contribution in [1.82, 2.24) is 0 Å². The van der Waals surface area contributed by atoms with Crippen LogP contribution in [0.1, 0.15) is 21.5 Å². The van der Waals surface area contributed by atoms with E-state index in [-0.39, 0.29) is 5.91 Å². The number of hydrogen-bond donors (Lipinski definition) is 1. The van der Waals surface area contributed by atoms with Gasteiger partial charge in [0.25, 0.3) is 5.91 Å². The van der Waals surface area contributed by atoms with Gasteiger partial charge in [-0.2, -0.15) is 0 Å². The van der Waals surface area contributed by atoms with Gasteiger partial charge in [-0.15, -0.1) is 0 Å². The molecule has 0 saturated carbocycles. The van der Waals surface area contributed by atoms with Gasteiger partial charge in [0.15, 0.2) is 6.61 Å². The number of para-hydroxylation sites is 2. The van der Waals surface area contributed by atoms with Crippen LogP contribution in [0.2, 0.25) is 0 Å². The largest absolute Gasteiger partial charge is 0.490 e. The van der Waals surface area contributed by atoms with E-state index in [1.54, 1.807) is 30.9 Å². The number of ether oxygens (including phenoxy) is 2. The molecule has 1 aliphatic rings. The van der Waals surface area contributed by atoms with Crippen LogP contribution < -0.4 is 14.4 Å². The number of aliphatic carboxylic acids is 1. The van der Waals surface area contributed by atoms with Crippen LogP contribution in [0.15, 0.2) is 36.4 Å². The molecule has 0 saturated heterocycles. The third-order valence-electron chi connectivity index (χ3n) is 4.02. The maximum Gasteiger partial charge on any atom is 0.341 e. The Kier molecular flexibility index (Phi) is 4.61. The summed E-state index contributed by atoms with van der Waals surface area (Å²) in [5.41, 5.74) is 2.74. The van der Waals surface area contributed by atoms with E-state index in [9.17, 15) is 9.59 Å². The summed E-state index contributed by atoms with van der Waals surface area (Å²) >= 11 is 0. The molecule has 6 nitrogen and oxygen atoms in total. The average molecular weight is 341 g/mol. The number of rotatable bonds is 4. The first-order valence-electron chi connectivity index (χ1n) is 7.97. The average Bonchev–Trinajstić information content (AvgIpc) is 2.59. The van der Waals surface area contributed by atoms with Crippen molar-refractivity contribution in [1.29, 1.82) is 0 Å². The summed E-state index contributed by atoms with van der Waals surface area (Å²) in [7, 11) is 0. The smallest absolute Gasteiger partial charge is 0.341 e. The van der Waals surface area contributed by atoms with Crippen LogP contribution in [0.25, 0.3) is 0 Å². The fourth-order valence-electron chi connectivity index (χ4n) is 2.97. The fourth-order valence-corrected chi connectivity index (χ4v) is 2.97. The van der Waals surface area contributed by atoms with E-state index in [4.69, 9.17) is 14.6 Å². The molecule has 25 heavy (non-hydrogen) atoms. The Hall–Kier alpha value is -3.02. The van der Waals surface area contributed by atoms with Gasteiger partial charge < -0.3 is 19.5 Å². The number of fused-ring (bicyclic) bond motifs is 1. The normalized spacial score (nSPS) is 13.0. The molecule has 1 amide bonds. The topological polar surface area (TPSA) is 76.1 Å². The minimum absolute atomic E-state index is 0.119. The SMILES string of the molecule is Cc1cc(C(=O)N2CCOc3ccccc32)cc(C)c1OCC(=O)O. The summed E-state index contributed by atoms with van der Waals surface area (Å²) in [5, 5.41) is 8.76. The summed E-state index contributed by atoms with van der Waals surface area (Å²) in [5.74, 6) is 0.0360. The van der Waals surface area contributed by atoms with Gasteiger partial charge in [-0.3, -0.25) is 4.79 Å². The van der Waals surface area contributed by atoms with Crippen molar-refractivity contribution in [2.45, 2.75) is 13.8 Å². The molecule has 1 N–H and O–H groups in total. The molecule has 6 heteroatoms. The van der Waals surface area contributed by atoms with E-state index in [0.29, 0.717) is 30.2 Å². The molecule has 1 aliphatic heterocycles. The van der Waals surface area contributed by atoms with Crippen molar-refractivity contribution in [3.8, 4) is 11.5 Å². The lowest BCUT2D eigenvalue weighted by Gasteiger charge is -2.29. The van der Waals surface area contributed by atoms with Crippen molar-refractivity contribution < 1.29 is 24.2 Å². The molecular weight excluding hydrogens is 322 g/mol. The lowest BCUT2D eigenvalue weighted by molar-refractivity contribution is -0.139. The predicted octanol–water partition coefficient (Wildman–Crippen LogP) is 2.81. The van der Waals surface area contributed by atoms with E-state index >= 15 is 0 Å². The molecule has 2 aromatic carbocycles. The first-order chi connectivity index (χ1) is 12.0. The molecule has 0 fully saturated rings. The number of carboxylic acid groups (broad SMARTS) is 1. The Morgan fingerprint density at radius 1 is 1.20 bits per heavy atom. The fraction of sp³-hybridized carbons (Fsp3) is 0.263. The minimum Gasteiger partial charge on any atom is -0.490 e. The zero-order valence-corrected chi connectivity index (χ0v) is 14.1. The number of anilines is 1. The zero-order valence-electron chi connectivity index (χ0n) is 14.1. The lowest BCUT2D eigenvalue weighted by atomic mass is 10.0. The highest BCUT2D eigenvalue weighted by atomic mass is 16.5. The van der Waals surface area contributed by atoms with Gasteiger partial charge in [0.1, 0.15) is 18.1 Å². The quantitative estimate of drug-likeness (QED) is 0.925. The second-order valence-corrected chi connectivity index (χ2v) is 5.89. The van der Waals surface area contributed by atoms with Crippen molar-refractivity contribution >= 4 is 17.6 Å². The number of carbonyl (C=O) groups is 2. The summed E-state index contributed by atoms with van der Waals surface area (Å²) in [4.78, 5) is 25.4. The summed E-state index contributed by atoms with van der Waals surface area (Å²) in [6.45, 7) is 4.11. The monoisotopic (exact) mass is 341 g/mol. The van der Waals surface area contributed by atoms with Crippen LogP contribution in [-0.4, -0.2) is 36.7 Å². The highest BCUT2D eigenvalue weighted by Crippen LogP contribution is 2.33. The first-order valence-corrected chi connectivity index (χ1v) is 7.97. The molecular formula is C19H19NO5. The van der Waals surface area contributed by atoms with E-state index < -0.39 is 12.6 Å². The maximum absolute atomic E-state index is 13.0. The second-order valence-electron chi connectivity index (χ2n) is 5.89. The van der Waals surface area contributed by atoms with Crippen molar-refractivity contribution in [2.24, 2.45) is 0 Å². The van der Waals surface area contributed by atoms with Gasteiger partial charge >= 0.3 is 5.97 Å². The number of carbonyl (C=O) groups excluding carboxylic acids is 1. The van der Waals surface area contributed by atoms with E-state index in [1.165, 1.54) is 0 Å². The van der Waals surface area contributed by atoms with E-state index in [0.717, 1.165) is 16.8 Å². The van der Waals surface area contributed by atoms with E-state index in [2.05, 4.69) is 0 Å². The summed E-state index contributed by atoms with van der Waals surface area (Å²) in [6, 6.07) is 10.9. The molecule has 0 aliphatic carbocycles. The van der Waals surface area contributed by atoms with Crippen molar-refractivity contribution in [3.05, 3.63) is 53.1 Å². The Morgan fingerprint density at radius 2 is 1.88 bits per heavy atom. The van der Waals surface area contributed by atoms with Crippen LogP contribution in [0.3, 0.4) is 0 Å². The zero-order chi connectivity index (χ0) is 18.0. The van der Waals surface area contributed by atoms with Crippen LogP contribution in [0.4, 0.5) is 5.69 Å². The standard InChI is InChI=1S/C19H19NO5/c1-12-9-14(10-13(2)18(12)25-11-17(21)22)19(23)20-7-8-24-16-6-4-3-5-15(16)20/h3-6,9-10H,7-8,11H2,1-2H3,(H,21,22). The van der Waals surface area contributed by atoms with Gasteiger partial charge in [0.2, 0.25) is 0 Å². The lowest BCUT2D eigenvalue weighted by Crippen LogP contribution is -2.38. The molecule has 0 unspecified atom stereocenters. The number of carboxylic acids is 1. The van der Waals surface area contributed by atoms with Crippen LogP contribution >= 0.6 is 0 Å². The Morgan fingerprint density at radius 3 is 2.56 bits per heavy atom. The maximum atomic E-state index is 13.0. The predicted molar refractivity (Wildman–Crippen MR) is 92.7 cm³/mol. The Bertz CT molecular complexity index is 807. The highest BCUT2D eigenvalue weighted by Gasteiger charge is 2.25. The van der Waals surface area contributed by atoms with Crippen molar-refractivity contribution in [2.75, 3.05) is 24.7 Å². The van der Waals surface area contributed by atoms with Crippen LogP contribution in [-0.2, 0) is 4.79 Å². The van der Waals surface area contributed by atoms with E-state index in [1.807, 2.05) is 24.3 Å². The van der Waals surface area contributed by atoms with Gasteiger partial charge in [-0.05, 0) is 49.2 Å². The number of benzene rings is 2. The van der Waals surface area contributed by atoms with Gasteiger partial charge in [0.05, 0.1) is 12.2 Å². The van der Waals surface area contributed by atoms with Crippen LogP contribution in [0.5, 0.6) is 11.5 Å². The molecule has 0 aromatic heterocycles. The number of amides is 1. The first kappa shape index (κ1) is 16.8. The second kappa shape index (κ2) is 6.84. The molecule has 0 radical (unpaired) electrons. The highest BCUT2D eigenvalue weighted by molar-refractivity contribution is 6.07. The molecule has 130 valence electrons. The molecule has 0 bridgehead atoms. The Labute approximate surface area is 145 Å². The van der Waals surface area contributed by atoms with Gasteiger partial charge in [-0.1, -0.05) is 12.1 Å². The third kappa shape index (κ3) is 3.42. The van der Waals surface area contributed by atoms with Crippen molar-refractivity contribution in [3.63, 3.8) is 0 Å². The Balaban J connectivity index is 1.90. The molecule has 1 heterocycles. The number of aryl methyl sites for hydroxylation is 2. The molecule has 3 rings (SSSR count). The van der Waals surface area contributed by atoms with Gasteiger partial charge in [-0.25, -0.2) is 4.79 Å².